The monoisotopic (exact) mass is 337 g/mol. The van der Waals surface area contributed by atoms with E-state index in [4.69, 9.17) is 9.73 Å². The molecule has 0 radical (unpaired) electrons. The third-order valence-corrected chi connectivity index (χ3v) is 4.95. The van der Waals surface area contributed by atoms with Crippen LogP contribution in [0.4, 0.5) is 0 Å². The van der Waals surface area contributed by atoms with Gasteiger partial charge in [0, 0.05) is 32.6 Å². The summed E-state index contributed by atoms with van der Waals surface area (Å²) in [5.74, 6) is 1.02. The quantitative estimate of drug-likeness (QED) is 0.825. The Bertz CT molecular complexity index is 724. The smallest absolute Gasteiger partial charge is 0.128 e. The van der Waals surface area contributed by atoms with Crippen LogP contribution in [0.15, 0.2) is 65.5 Å². The van der Waals surface area contributed by atoms with E-state index in [-0.39, 0.29) is 5.54 Å². The summed E-state index contributed by atoms with van der Waals surface area (Å²) < 4.78 is 5.60. The molecule has 2 aliphatic heterocycles. The molecule has 2 N–H and O–H groups in total. The predicted molar refractivity (Wildman–Crippen MR) is 103 cm³/mol. The van der Waals surface area contributed by atoms with E-state index < -0.39 is 0 Å². The third kappa shape index (κ3) is 3.85. The fraction of sp³-hybridized carbons (Fsp3) is 0.381. The lowest BCUT2D eigenvalue weighted by molar-refractivity contribution is 0.0633. The maximum atomic E-state index is 5.60. The van der Waals surface area contributed by atoms with Crippen LogP contribution in [0.2, 0.25) is 0 Å². The van der Waals surface area contributed by atoms with E-state index in [0.29, 0.717) is 0 Å². The Hall–Kier alpha value is -2.33. The molecule has 1 aromatic rings. The maximum absolute atomic E-state index is 5.60. The summed E-state index contributed by atoms with van der Waals surface area (Å²) in [6.45, 7) is 10.2. The van der Waals surface area contributed by atoms with Gasteiger partial charge in [0.2, 0.25) is 0 Å². The second-order valence-electron chi connectivity index (χ2n) is 6.65. The predicted octanol–water partition coefficient (Wildman–Crippen LogP) is 3.61. The summed E-state index contributed by atoms with van der Waals surface area (Å²) in [6.07, 6.45) is 7.59. The van der Waals surface area contributed by atoms with Gasteiger partial charge >= 0.3 is 0 Å². The van der Waals surface area contributed by atoms with Crippen LogP contribution in [0, 0.1) is 6.92 Å². The molecule has 1 aromatic carbocycles. The lowest BCUT2D eigenvalue weighted by atomic mass is 9.86. The first-order valence-corrected chi connectivity index (χ1v) is 8.88. The number of aliphatic imine (C=N–C) groups is 1. The molecule has 0 atom stereocenters. The zero-order valence-corrected chi connectivity index (χ0v) is 15.1. The lowest BCUT2D eigenvalue weighted by Gasteiger charge is -2.42. The standard InChI is InChI=1S/C21H27N3O/c1-4-5-10-19-17(3)23-20(21(24-19)11-13-25-14-12-21)22-15-18-9-7-6-8-16(18)2/h4-10,24H,1,11-15H2,2-3H3,(H,22,23)/b10-5-. The normalized spacial score (nSPS) is 19.7. The Morgan fingerprint density at radius 2 is 2.04 bits per heavy atom. The zero-order chi connectivity index (χ0) is 17.7. The van der Waals surface area contributed by atoms with Crippen molar-refractivity contribution in [3.8, 4) is 0 Å². The number of benzene rings is 1. The molecule has 4 heteroatoms. The van der Waals surface area contributed by atoms with Crippen LogP contribution < -0.4 is 10.6 Å². The molecule has 0 aliphatic carbocycles. The third-order valence-electron chi connectivity index (χ3n) is 4.95. The van der Waals surface area contributed by atoms with E-state index in [0.717, 1.165) is 49.8 Å². The van der Waals surface area contributed by atoms with Gasteiger partial charge in [0.15, 0.2) is 0 Å². The maximum Gasteiger partial charge on any atom is 0.128 e. The molecular weight excluding hydrogens is 310 g/mol. The van der Waals surface area contributed by atoms with Crippen molar-refractivity contribution in [2.24, 2.45) is 4.99 Å². The van der Waals surface area contributed by atoms with Gasteiger partial charge in [0.05, 0.1) is 16.9 Å². The molecule has 25 heavy (non-hydrogen) atoms. The van der Waals surface area contributed by atoms with Crippen molar-refractivity contribution in [1.82, 2.24) is 10.6 Å². The number of amidine groups is 1. The van der Waals surface area contributed by atoms with Gasteiger partial charge in [-0.2, -0.15) is 0 Å². The zero-order valence-electron chi connectivity index (χ0n) is 15.1. The summed E-state index contributed by atoms with van der Waals surface area (Å²) in [5.41, 5.74) is 4.46. The average molecular weight is 337 g/mol. The van der Waals surface area contributed by atoms with Gasteiger partial charge in [-0.1, -0.05) is 43.0 Å². The first kappa shape index (κ1) is 17.5. The van der Waals surface area contributed by atoms with Gasteiger partial charge in [-0.05, 0) is 31.1 Å². The van der Waals surface area contributed by atoms with Crippen molar-refractivity contribution in [3.05, 3.63) is 71.6 Å². The second kappa shape index (κ2) is 7.70. The van der Waals surface area contributed by atoms with Crippen molar-refractivity contribution in [3.63, 3.8) is 0 Å². The molecular formula is C21H27N3O. The molecule has 3 rings (SSSR count). The Labute approximate surface area is 150 Å². The number of aryl methyl sites for hydroxylation is 1. The van der Waals surface area contributed by atoms with Gasteiger partial charge in [-0.15, -0.1) is 0 Å². The molecule has 1 spiro atoms. The fourth-order valence-electron chi connectivity index (χ4n) is 3.35. The van der Waals surface area contributed by atoms with Crippen molar-refractivity contribution >= 4 is 5.84 Å². The second-order valence-corrected chi connectivity index (χ2v) is 6.65. The van der Waals surface area contributed by atoms with Crippen LogP contribution in [0.3, 0.4) is 0 Å². The Kier molecular flexibility index (Phi) is 5.39. The minimum absolute atomic E-state index is 0.179. The van der Waals surface area contributed by atoms with Crippen molar-refractivity contribution < 1.29 is 4.74 Å². The number of nitrogens with one attached hydrogen (secondary N) is 2. The Morgan fingerprint density at radius 1 is 1.28 bits per heavy atom. The van der Waals surface area contributed by atoms with Gasteiger partial charge in [0.1, 0.15) is 5.84 Å². The van der Waals surface area contributed by atoms with Crippen LogP contribution in [0.5, 0.6) is 0 Å². The number of hydrogen-bond acceptors (Lipinski definition) is 4. The molecule has 0 saturated carbocycles. The average Bonchev–Trinajstić information content (AvgIpc) is 2.63. The lowest BCUT2D eigenvalue weighted by Crippen LogP contribution is -2.60. The minimum Gasteiger partial charge on any atom is -0.381 e. The van der Waals surface area contributed by atoms with E-state index in [2.05, 4.69) is 48.4 Å². The van der Waals surface area contributed by atoms with Crippen LogP contribution in [-0.2, 0) is 11.3 Å². The highest BCUT2D eigenvalue weighted by molar-refractivity contribution is 5.94. The van der Waals surface area contributed by atoms with E-state index >= 15 is 0 Å². The minimum atomic E-state index is -0.179. The molecule has 0 aromatic heterocycles. The molecule has 4 nitrogen and oxygen atoms in total. The largest absolute Gasteiger partial charge is 0.381 e. The van der Waals surface area contributed by atoms with Crippen LogP contribution >= 0.6 is 0 Å². The van der Waals surface area contributed by atoms with E-state index in [1.165, 1.54) is 11.1 Å². The molecule has 0 bridgehead atoms. The van der Waals surface area contributed by atoms with Gasteiger partial charge < -0.3 is 15.4 Å². The Morgan fingerprint density at radius 3 is 2.76 bits per heavy atom. The highest BCUT2D eigenvalue weighted by Gasteiger charge is 2.40. The van der Waals surface area contributed by atoms with Crippen molar-refractivity contribution in [2.45, 2.75) is 38.8 Å². The van der Waals surface area contributed by atoms with Gasteiger partial charge in [0.25, 0.3) is 0 Å². The molecule has 0 amide bonds. The van der Waals surface area contributed by atoms with Crippen LogP contribution in [0.25, 0.3) is 0 Å². The number of rotatable bonds is 4. The van der Waals surface area contributed by atoms with Gasteiger partial charge in [-0.3, -0.25) is 0 Å². The van der Waals surface area contributed by atoms with Crippen LogP contribution in [-0.4, -0.2) is 24.6 Å². The number of allylic oxidation sites excluding steroid dienone is 4. The number of ether oxygens (including phenoxy) is 1. The molecule has 1 fully saturated rings. The van der Waals surface area contributed by atoms with E-state index in [9.17, 15) is 0 Å². The molecule has 0 unspecified atom stereocenters. The summed E-state index contributed by atoms with van der Waals surface area (Å²) in [5, 5.41) is 7.33. The number of hydrogen-bond donors (Lipinski definition) is 2. The number of nitrogens with zero attached hydrogens (tertiary/aromatic N) is 1. The van der Waals surface area contributed by atoms with Gasteiger partial charge in [-0.25, -0.2) is 4.99 Å². The molecule has 2 aliphatic rings. The Balaban J connectivity index is 1.86. The highest BCUT2D eigenvalue weighted by Crippen LogP contribution is 2.29. The SMILES string of the molecule is C=C/C=C\C1=C(C)N=C(NCc2ccccc2C)C2(CCOCC2)N1. The summed E-state index contributed by atoms with van der Waals surface area (Å²) in [6, 6.07) is 8.46. The summed E-state index contributed by atoms with van der Waals surface area (Å²) in [7, 11) is 0. The summed E-state index contributed by atoms with van der Waals surface area (Å²) >= 11 is 0. The first-order chi connectivity index (χ1) is 12.1. The van der Waals surface area contributed by atoms with Crippen molar-refractivity contribution in [2.75, 3.05) is 13.2 Å². The fourth-order valence-corrected chi connectivity index (χ4v) is 3.35. The summed E-state index contributed by atoms with van der Waals surface area (Å²) in [4.78, 5) is 4.92. The molecule has 1 saturated heterocycles. The topological polar surface area (TPSA) is 45.7 Å². The van der Waals surface area contributed by atoms with E-state index in [1.54, 1.807) is 6.08 Å². The first-order valence-electron chi connectivity index (χ1n) is 8.88. The van der Waals surface area contributed by atoms with E-state index in [1.807, 2.05) is 19.1 Å². The highest BCUT2D eigenvalue weighted by atomic mass is 16.5. The van der Waals surface area contributed by atoms with Crippen molar-refractivity contribution in [1.29, 1.82) is 0 Å². The van der Waals surface area contributed by atoms with Crippen LogP contribution in [0.1, 0.15) is 30.9 Å². The molecule has 2 heterocycles. The molecule has 132 valence electrons.